The summed E-state index contributed by atoms with van der Waals surface area (Å²) < 4.78 is 8.54. The van der Waals surface area contributed by atoms with Crippen LogP contribution in [0.1, 0.15) is 30.8 Å². The third-order valence-electron chi connectivity index (χ3n) is 5.15. The van der Waals surface area contributed by atoms with Crippen molar-refractivity contribution < 1.29 is 4.74 Å². The van der Waals surface area contributed by atoms with Crippen LogP contribution in [0.3, 0.4) is 0 Å². The average Bonchev–Trinajstić information content (AvgIpc) is 3.09. The van der Waals surface area contributed by atoms with E-state index in [1.54, 1.807) is 18.3 Å². The van der Waals surface area contributed by atoms with Crippen molar-refractivity contribution >= 4 is 16.3 Å². The van der Waals surface area contributed by atoms with Crippen molar-refractivity contribution in [2.45, 2.75) is 33.6 Å². The van der Waals surface area contributed by atoms with Crippen LogP contribution in [-0.2, 0) is 24.5 Å². The molecule has 0 aliphatic rings. The maximum Gasteiger partial charge on any atom is 0.366 e. The highest BCUT2D eigenvalue weighted by atomic mass is 16.5. The van der Waals surface area contributed by atoms with Gasteiger partial charge in [-0.25, -0.2) is 4.79 Å². The number of fused-ring (bicyclic) bond motifs is 1. The zero-order valence-electron chi connectivity index (χ0n) is 17.6. The lowest BCUT2D eigenvalue weighted by atomic mass is 10.0. The van der Waals surface area contributed by atoms with E-state index >= 15 is 0 Å². The molecule has 2 heterocycles. The van der Waals surface area contributed by atoms with Gasteiger partial charge in [-0.15, -0.1) is 9.89 Å². The number of hydrogen-bond donors (Lipinski definition) is 0. The molecule has 7 nitrogen and oxygen atoms in total. The number of aromatic nitrogens is 4. The van der Waals surface area contributed by atoms with Crippen molar-refractivity contribution in [1.82, 2.24) is 19.1 Å². The van der Waals surface area contributed by atoms with Gasteiger partial charge in [-0.05, 0) is 36.4 Å². The normalized spacial score (nSPS) is 11.2. The van der Waals surface area contributed by atoms with Gasteiger partial charge in [-0.3, -0.25) is 9.36 Å². The average molecular weight is 416 g/mol. The Hall–Kier alpha value is -3.71. The molecule has 31 heavy (non-hydrogen) atoms. The fourth-order valence-corrected chi connectivity index (χ4v) is 3.58. The number of allylic oxidation sites excluding steroid dienone is 1. The van der Waals surface area contributed by atoms with Crippen LogP contribution in [0.15, 0.2) is 77.0 Å². The third-order valence-corrected chi connectivity index (χ3v) is 5.15. The molecule has 0 N–H and O–H groups in total. The van der Waals surface area contributed by atoms with Crippen LogP contribution in [0.5, 0.6) is 0 Å². The lowest BCUT2D eigenvalue weighted by molar-refractivity contribution is 0.0987. The largest absolute Gasteiger partial charge is 0.369 e. The monoisotopic (exact) mass is 416 g/mol. The molecule has 0 atom stereocenters. The Balaban J connectivity index is 1.76. The van der Waals surface area contributed by atoms with E-state index < -0.39 is 5.69 Å². The van der Waals surface area contributed by atoms with E-state index in [1.807, 2.05) is 56.3 Å². The van der Waals surface area contributed by atoms with E-state index in [4.69, 9.17) is 4.74 Å². The lowest BCUT2D eigenvalue weighted by Gasteiger charge is -2.11. The second-order valence-corrected chi connectivity index (χ2v) is 7.33. The molecule has 0 amide bonds. The standard InChI is InChI=1S/C24H24N4O3/c1-4-26-22(16-31-15-18-10-6-5-7-11-18)25-28(24(26)30)27-14-21(17(2)3)19-12-8-9-13-20(19)23(27)29/h5-14H,2,4,15-16H2,1,3H3. The van der Waals surface area contributed by atoms with Crippen molar-refractivity contribution in [3.8, 4) is 0 Å². The summed E-state index contributed by atoms with van der Waals surface area (Å²) >= 11 is 0. The number of nitrogens with zero attached hydrogens (tertiary/aromatic N) is 4. The molecular formula is C24H24N4O3. The summed E-state index contributed by atoms with van der Waals surface area (Å²) in [6.07, 6.45) is 1.62. The maximum atomic E-state index is 13.2. The summed E-state index contributed by atoms with van der Waals surface area (Å²) in [6.45, 7) is 8.72. The van der Waals surface area contributed by atoms with E-state index in [2.05, 4.69) is 11.7 Å². The van der Waals surface area contributed by atoms with Gasteiger partial charge < -0.3 is 4.74 Å². The van der Waals surface area contributed by atoms with E-state index in [0.717, 1.165) is 26.9 Å². The number of rotatable bonds is 7. The van der Waals surface area contributed by atoms with Crippen molar-refractivity contribution in [1.29, 1.82) is 0 Å². The second kappa shape index (κ2) is 8.57. The quantitative estimate of drug-likeness (QED) is 0.463. The fraction of sp³-hybridized carbons (Fsp3) is 0.208. The van der Waals surface area contributed by atoms with Gasteiger partial charge in [0.2, 0.25) is 0 Å². The highest BCUT2D eigenvalue weighted by Gasteiger charge is 2.17. The summed E-state index contributed by atoms with van der Waals surface area (Å²) in [5.41, 5.74) is 1.89. The van der Waals surface area contributed by atoms with E-state index in [0.29, 0.717) is 24.4 Å². The highest BCUT2D eigenvalue weighted by molar-refractivity contribution is 5.92. The number of benzene rings is 2. The summed E-state index contributed by atoms with van der Waals surface area (Å²) in [7, 11) is 0. The molecule has 0 fully saturated rings. The Labute approximate surface area is 179 Å². The van der Waals surface area contributed by atoms with Gasteiger partial charge in [0.05, 0.1) is 6.61 Å². The Morgan fingerprint density at radius 2 is 1.68 bits per heavy atom. The molecule has 0 saturated carbocycles. The molecule has 4 rings (SSSR count). The molecule has 2 aromatic carbocycles. The van der Waals surface area contributed by atoms with Gasteiger partial charge in [0.25, 0.3) is 5.56 Å². The van der Waals surface area contributed by atoms with Crippen molar-refractivity contribution in [2.24, 2.45) is 0 Å². The molecular weight excluding hydrogens is 392 g/mol. The summed E-state index contributed by atoms with van der Waals surface area (Å²) in [5.74, 6) is 0.459. The zero-order chi connectivity index (χ0) is 22.0. The van der Waals surface area contributed by atoms with Gasteiger partial charge >= 0.3 is 5.69 Å². The van der Waals surface area contributed by atoms with Gasteiger partial charge in [0.1, 0.15) is 6.61 Å². The predicted molar refractivity (Wildman–Crippen MR) is 121 cm³/mol. The highest BCUT2D eigenvalue weighted by Crippen LogP contribution is 2.21. The van der Waals surface area contributed by atoms with Gasteiger partial charge in [0, 0.05) is 23.7 Å². The maximum absolute atomic E-state index is 13.2. The molecule has 0 unspecified atom stereocenters. The van der Waals surface area contributed by atoms with Gasteiger partial charge in [-0.1, -0.05) is 55.1 Å². The summed E-state index contributed by atoms with van der Waals surface area (Å²) in [5, 5.41) is 5.73. The first-order valence-electron chi connectivity index (χ1n) is 10.1. The Bertz CT molecular complexity index is 1360. The molecule has 0 aliphatic heterocycles. The van der Waals surface area contributed by atoms with E-state index in [9.17, 15) is 9.59 Å². The van der Waals surface area contributed by atoms with Crippen molar-refractivity contribution in [2.75, 3.05) is 0 Å². The number of pyridine rings is 1. The van der Waals surface area contributed by atoms with Crippen LogP contribution in [0.4, 0.5) is 0 Å². The molecule has 4 aromatic rings. The summed E-state index contributed by atoms with van der Waals surface area (Å²) in [6, 6.07) is 17.1. The molecule has 0 bridgehead atoms. The first-order chi connectivity index (χ1) is 15.0. The van der Waals surface area contributed by atoms with Crippen LogP contribution >= 0.6 is 0 Å². The van der Waals surface area contributed by atoms with Crippen molar-refractivity contribution in [3.63, 3.8) is 0 Å². The molecule has 158 valence electrons. The zero-order valence-corrected chi connectivity index (χ0v) is 17.6. The first-order valence-corrected chi connectivity index (χ1v) is 10.1. The van der Waals surface area contributed by atoms with Crippen molar-refractivity contribution in [3.05, 3.63) is 105 Å². The molecule has 0 aliphatic carbocycles. The Kier molecular flexibility index (Phi) is 5.68. The predicted octanol–water partition coefficient (Wildman–Crippen LogP) is 3.44. The molecule has 0 spiro atoms. The Morgan fingerprint density at radius 1 is 1.00 bits per heavy atom. The molecule has 0 saturated heterocycles. The van der Waals surface area contributed by atoms with Crippen LogP contribution in [0, 0.1) is 0 Å². The number of ether oxygens (including phenoxy) is 1. The molecule has 0 radical (unpaired) electrons. The third kappa shape index (κ3) is 3.87. The summed E-state index contributed by atoms with van der Waals surface area (Å²) in [4.78, 5) is 27.3. The van der Waals surface area contributed by atoms with Crippen LogP contribution in [0.25, 0.3) is 16.3 Å². The van der Waals surface area contributed by atoms with E-state index in [1.165, 1.54) is 9.24 Å². The fourth-order valence-electron chi connectivity index (χ4n) is 3.58. The SMILES string of the molecule is C=C(C)c1cn(-n2nc(COCc3ccccc3)n(CC)c2=O)c(=O)c2ccccc12. The number of hydrogen-bond acceptors (Lipinski definition) is 4. The Morgan fingerprint density at radius 3 is 2.35 bits per heavy atom. The first kappa shape index (κ1) is 20.6. The van der Waals surface area contributed by atoms with Crippen LogP contribution < -0.4 is 11.2 Å². The van der Waals surface area contributed by atoms with Gasteiger partial charge in [-0.2, -0.15) is 4.68 Å². The van der Waals surface area contributed by atoms with E-state index in [-0.39, 0.29) is 12.2 Å². The smallest absolute Gasteiger partial charge is 0.366 e. The van der Waals surface area contributed by atoms with Gasteiger partial charge in [0.15, 0.2) is 5.82 Å². The van der Waals surface area contributed by atoms with Crippen LogP contribution in [0.2, 0.25) is 0 Å². The topological polar surface area (TPSA) is 71.0 Å². The second-order valence-electron chi connectivity index (χ2n) is 7.33. The minimum absolute atomic E-state index is 0.153. The minimum atomic E-state index is -0.397. The molecule has 2 aromatic heterocycles. The van der Waals surface area contributed by atoms with Crippen LogP contribution in [-0.4, -0.2) is 19.1 Å². The minimum Gasteiger partial charge on any atom is -0.369 e. The molecule has 7 heteroatoms. The lowest BCUT2D eigenvalue weighted by Crippen LogP contribution is -2.36.